The van der Waals surface area contributed by atoms with Gasteiger partial charge in [-0.2, -0.15) is 0 Å². The van der Waals surface area contributed by atoms with E-state index in [-0.39, 0.29) is 12.1 Å². The number of piperidine rings is 1. The molecule has 0 saturated carbocycles. The van der Waals surface area contributed by atoms with Gasteiger partial charge in [0, 0.05) is 37.8 Å². The second-order valence-corrected chi connectivity index (χ2v) is 7.32. The topological polar surface area (TPSA) is 58.6 Å². The molecule has 5 nitrogen and oxygen atoms in total. The fraction of sp³-hybridized carbons (Fsp3) is 0.933. The summed E-state index contributed by atoms with van der Waals surface area (Å²) < 4.78 is 5.41. The van der Waals surface area contributed by atoms with Crippen LogP contribution in [0.15, 0.2) is 0 Å². The number of rotatable bonds is 2. The lowest BCUT2D eigenvalue weighted by molar-refractivity contribution is 0.0152. The van der Waals surface area contributed by atoms with Crippen molar-refractivity contribution in [2.45, 2.75) is 64.8 Å². The van der Waals surface area contributed by atoms with Gasteiger partial charge in [0.2, 0.25) is 0 Å². The van der Waals surface area contributed by atoms with Gasteiger partial charge in [-0.05, 0) is 47.0 Å². The molecule has 0 radical (unpaired) electrons. The van der Waals surface area contributed by atoms with Crippen LogP contribution >= 0.6 is 0 Å². The van der Waals surface area contributed by atoms with Crippen LogP contribution in [0.5, 0.6) is 0 Å². The Labute approximate surface area is 122 Å². The average molecular weight is 283 g/mol. The van der Waals surface area contributed by atoms with E-state index in [1.54, 1.807) is 4.90 Å². The zero-order chi connectivity index (χ0) is 15.1. The van der Waals surface area contributed by atoms with Gasteiger partial charge < -0.3 is 15.4 Å². The molecule has 2 rings (SSSR count). The lowest BCUT2D eigenvalue weighted by atomic mass is 9.92. The molecule has 2 saturated heterocycles. The first-order valence-corrected chi connectivity index (χ1v) is 7.68. The van der Waals surface area contributed by atoms with E-state index >= 15 is 0 Å². The van der Waals surface area contributed by atoms with Crippen molar-refractivity contribution in [3.8, 4) is 0 Å². The molecule has 0 aromatic rings. The van der Waals surface area contributed by atoms with Gasteiger partial charge in [-0.25, -0.2) is 4.79 Å². The number of nitrogens with two attached hydrogens (primary N) is 1. The largest absolute Gasteiger partial charge is 0.444 e. The van der Waals surface area contributed by atoms with Crippen LogP contribution in [-0.2, 0) is 4.74 Å². The molecule has 20 heavy (non-hydrogen) atoms. The van der Waals surface area contributed by atoms with Gasteiger partial charge in [0.1, 0.15) is 5.60 Å². The summed E-state index contributed by atoms with van der Waals surface area (Å²) in [7, 11) is 0. The first kappa shape index (κ1) is 15.6. The standard InChI is InChI=1S/C15H29N3O2/c1-10-11(2)18(10)8-12-6-7-17(9-13(12)16)14(19)20-15(3,4)5/h10-13H,6-9,16H2,1-5H3. The van der Waals surface area contributed by atoms with Crippen molar-refractivity contribution in [1.82, 2.24) is 9.80 Å². The minimum Gasteiger partial charge on any atom is -0.444 e. The van der Waals surface area contributed by atoms with Gasteiger partial charge in [0.05, 0.1) is 0 Å². The van der Waals surface area contributed by atoms with E-state index in [0.717, 1.165) is 19.5 Å². The van der Waals surface area contributed by atoms with Crippen LogP contribution in [0.1, 0.15) is 41.0 Å². The van der Waals surface area contributed by atoms with Gasteiger partial charge in [0.15, 0.2) is 0 Å². The molecule has 2 aliphatic heterocycles. The van der Waals surface area contributed by atoms with Gasteiger partial charge in [-0.15, -0.1) is 0 Å². The summed E-state index contributed by atoms with van der Waals surface area (Å²) in [4.78, 5) is 16.3. The summed E-state index contributed by atoms with van der Waals surface area (Å²) >= 11 is 0. The predicted octanol–water partition coefficient (Wildman–Crippen LogP) is 1.66. The van der Waals surface area contributed by atoms with Crippen LogP contribution in [0.4, 0.5) is 4.79 Å². The van der Waals surface area contributed by atoms with Crippen molar-refractivity contribution in [3.05, 3.63) is 0 Å². The Morgan fingerprint density at radius 1 is 1.30 bits per heavy atom. The number of hydrogen-bond acceptors (Lipinski definition) is 4. The van der Waals surface area contributed by atoms with Crippen LogP contribution in [0.25, 0.3) is 0 Å². The molecule has 4 unspecified atom stereocenters. The van der Waals surface area contributed by atoms with Gasteiger partial charge >= 0.3 is 6.09 Å². The van der Waals surface area contributed by atoms with Crippen molar-refractivity contribution >= 4 is 6.09 Å². The average Bonchev–Trinajstić information content (AvgIpc) is 2.87. The summed E-state index contributed by atoms with van der Waals surface area (Å²) in [5, 5.41) is 0. The zero-order valence-electron chi connectivity index (χ0n) is 13.4. The summed E-state index contributed by atoms with van der Waals surface area (Å²) in [6.07, 6.45) is 0.732. The molecule has 116 valence electrons. The van der Waals surface area contributed by atoms with E-state index in [1.807, 2.05) is 20.8 Å². The molecule has 0 aromatic heterocycles. The third-order valence-corrected chi connectivity index (χ3v) is 4.56. The highest BCUT2D eigenvalue weighted by Gasteiger charge is 2.42. The van der Waals surface area contributed by atoms with Gasteiger partial charge in [0.25, 0.3) is 0 Å². The van der Waals surface area contributed by atoms with Crippen molar-refractivity contribution < 1.29 is 9.53 Å². The fourth-order valence-electron chi connectivity index (χ4n) is 2.93. The van der Waals surface area contributed by atoms with E-state index in [9.17, 15) is 4.79 Å². The van der Waals surface area contributed by atoms with Crippen LogP contribution in [0.2, 0.25) is 0 Å². The molecule has 4 atom stereocenters. The third-order valence-electron chi connectivity index (χ3n) is 4.56. The Balaban J connectivity index is 1.81. The number of hydrogen-bond donors (Lipinski definition) is 1. The Morgan fingerprint density at radius 2 is 1.90 bits per heavy atom. The molecule has 0 spiro atoms. The Hall–Kier alpha value is -0.810. The monoisotopic (exact) mass is 283 g/mol. The fourth-order valence-corrected chi connectivity index (χ4v) is 2.93. The third kappa shape index (κ3) is 3.64. The van der Waals surface area contributed by atoms with Gasteiger partial charge in [-0.3, -0.25) is 4.90 Å². The summed E-state index contributed by atoms with van der Waals surface area (Å²) in [6, 6.07) is 1.42. The molecule has 2 heterocycles. The first-order chi connectivity index (χ1) is 9.19. The molecule has 0 bridgehead atoms. The van der Waals surface area contributed by atoms with Crippen LogP contribution in [0.3, 0.4) is 0 Å². The number of carbonyl (C=O) groups excluding carboxylic acids is 1. The molecular weight excluding hydrogens is 254 g/mol. The maximum atomic E-state index is 12.0. The first-order valence-electron chi connectivity index (χ1n) is 7.68. The Kier molecular flexibility index (Phi) is 4.30. The molecule has 2 fully saturated rings. The van der Waals surface area contributed by atoms with Gasteiger partial charge in [-0.1, -0.05) is 0 Å². The van der Waals surface area contributed by atoms with E-state index in [0.29, 0.717) is 24.5 Å². The number of ether oxygens (including phenoxy) is 1. The zero-order valence-corrected chi connectivity index (χ0v) is 13.4. The molecule has 0 aromatic carbocycles. The second kappa shape index (κ2) is 5.53. The molecular formula is C15H29N3O2. The SMILES string of the molecule is CC1C(C)N1CC1CCN(C(=O)OC(C)(C)C)CC1N. The number of amides is 1. The lowest BCUT2D eigenvalue weighted by Gasteiger charge is -2.37. The van der Waals surface area contributed by atoms with Crippen LogP contribution in [-0.4, -0.2) is 59.3 Å². The van der Waals surface area contributed by atoms with E-state index in [2.05, 4.69) is 18.7 Å². The van der Waals surface area contributed by atoms with E-state index in [4.69, 9.17) is 10.5 Å². The van der Waals surface area contributed by atoms with Crippen molar-refractivity contribution in [3.63, 3.8) is 0 Å². The van der Waals surface area contributed by atoms with Crippen LogP contribution in [0, 0.1) is 5.92 Å². The van der Waals surface area contributed by atoms with Crippen molar-refractivity contribution in [2.75, 3.05) is 19.6 Å². The normalized spacial score (nSPS) is 37.7. The maximum absolute atomic E-state index is 12.0. The highest BCUT2D eigenvalue weighted by atomic mass is 16.6. The minimum absolute atomic E-state index is 0.0521. The highest BCUT2D eigenvalue weighted by molar-refractivity contribution is 5.68. The lowest BCUT2D eigenvalue weighted by Crippen LogP contribution is -2.53. The van der Waals surface area contributed by atoms with Crippen molar-refractivity contribution in [1.29, 1.82) is 0 Å². The van der Waals surface area contributed by atoms with Crippen molar-refractivity contribution in [2.24, 2.45) is 11.7 Å². The highest BCUT2D eigenvalue weighted by Crippen LogP contribution is 2.30. The Morgan fingerprint density at radius 3 is 2.35 bits per heavy atom. The quantitative estimate of drug-likeness (QED) is 0.783. The maximum Gasteiger partial charge on any atom is 0.410 e. The van der Waals surface area contributed by atoms with E-state index < -0.39 is 5.60 Å². The molecule has 0 aliphatic carbocycles. The van der Waals surface area contributed by atoms with Crippen LogP contribution < -0.4 is 5.73 Å². The smallest absolute Gasteiger partial charge is 0.410 e. The number of likely N-dealkylation sites (tertiary alicyclic amines) is 1. The molecule has 5 heteroatoms. The summed E-state index contributed by atoms with van der Waals surface area (Å²) in [5.74, 6) is 0.487. The minimum atomic E-state index is -0.442. The number of carbonyl (C=O) groups is 1. The van der Waals surface area contributed by atoms with E-state index in [1.165, 1.54) is 0 Å². The molecule has 2 N–H and O–H groups in total. The summed E-state index contributed by atoms with van der Waals surface area (Å²) in [6.45, 7) is 12.6. The molecule has 2 aliphatic rings. The second-order valence-electron chi connectivity index (χ2n) is 7.32. The molecule has 1 amide bonds. The number of nitrogens with zero attached hydrogens (tertiary/aromatic N) is 2. The summed E-state index contributed by atoms with van der Waals surface area (Å²) in [5.41, 5.74) is 5.82. The Bertz CT molecular complexity index is 359. The predicted molar refractivity (Wildman–Crippen MR) is 79.5 cm³/mol.